The van der Waals surface area contributed by atoms with E-state index in [9.17, 15) is 13.2 Å². The van der Waals surface area contributed by atoms with Crippen LogP contribution in [0.2, 0.25) is 0 Å². The van der Waals surface area contributed by atoms with E-state index < -0.39 is 16.1 Å². The first-order valence-electron chi connectivity index (χ1n) is 11.3. The van der Waals surface area contributed by atoms with Crippen LogP contribution in [0, 0.1) is 0 Å². The van der Waals surface area contributed by atoms with Crippen molar-refractivity contribution in [1.82, 2.24) is 4.72 Å². The summed E-state index contributed by atoms with van der Waals surface area (Å²) in [6.45, 7) is 0. The number of carbonyl (C=O) groups is 1. The molecule has 4 N–H and O–H groups in total. The Morgan fingerprint density at radius 1 is 0.848 bits per heavy atom. The Labute approximate surface area is 194 Å². The van der Waals surface area contributed by atoms with E-state index in [4.69, 9.17) is 5.73 Å². The molecule has 6 nitrogen and oxygen atoms in total. The van der Waals surface area contributed by atoms with Gasteiger partial charge in [0.2, 0.25) is 15.9 Å². The van der Waals surface area contributed by atoms with E-state index in [1.54, 1.807) is 24.3 Å². The number of anilines is 2. The van der Waals surface area contributed by atoms with Crippen LogP contribution in [0.3, 0.4) is 0 Å². The van der Waals surface area contributed by atoms with Crippen molar-refractivity contribution in [1.29, 1.82) is 0 Å². The molecule has 0 spiro atoms. The second-order valence-electron chi connectivity index (χ2n) is 8.76. The lowest BCUT2D eigenvalue weighted by Crippen LogP contribution is -2.37. The van der Waals surface area contributed by atoms with Crippen molar-refractivity contribution in [2.24, 2.45) is 0 Å². The first-order chi connectivity index (χ1) is 15.9. The zero-order valence-corrected chi connectivity index (χ0v) is 19.1. The predicted molar refractivity (Wildman–Crippen MR) is 129 cm³/mol. The number of hydrogen-bond donors (Lipinski definition) is 3. The molecule has 33 heavy (non-hydrogen) atoms. The van der Waals surface area contributed by atoms with Gasteiger partial charge < -0.3 is 11.1 Å². The van der Waals surface area contributed by atoms with Crippen molar-refractivity contribution in [2.45, 2.75) is 49.5 Å². The Kier molecular flexibility index (Phi) is 5.68. The Hall–Kier alpha value is -3.16. The summed E-state index contributed by atoms with van der Waals surface area (Å²) in [6.07, 6.45) is 6.07. The third kappa shape index (κ3) is 4.26. The highest BCUT2D eigenvalue weighted by atomic mass is 32.2. The van der Waals surface area contributed by atoms with Gasteiger partial charge in [0.25, 0.3) is 0 Å². The summed E-state index contributed by atoms with van der Waals surface area (Å²) in [6, 6.07) is 16.1. The maximum atomic E-state index is 13.6. The fraction of sp³-hybridized carbons (Fsp3) is 0.269. The van der Waals surface area contributed by atoms with Crippen LogP contribution in [0.5, 0.6) is 0 Å². The highest BCUT2D eigenvalue weighted by molar-refractivity contribution is 7.89. The largest absolute Gasteiger partial charge is 0.399 e. The summed E-state index contributed by atoms with van der Waals surface area (Å²) in [7, 11) is -3.95. The second-order valence-corrected chi connectivity index (χ2v) is 10.5. The summed E-state index contributed by atoms with van der Waals surface area (Å²) in [5.74, 6) is -0.380. The van der Waals surface area contributed by atoms with E-state index in [1.165, 1.54) is 46.5 Å². The zero-order chi connectivity index (χ0) is 23.0. The molecule has 0 aliphatic heterocycles. The van der Waals surface area contributed by atoms with Gasteiger partial charge >= 0.3 is 0 Å². The highest BCUT2D eigenvalue weighted by Crippen LogP contribution is 2.39. The van der Waals surface area contributed by atoms with Crippen LogP contribution in [-0.2, 0) is 40.5 Å². The average Bonchev–Trinajstić information content (AvgIpc) is 3.47. The van der Waals surface area contributed by atoms with Crippen molar-refractivity contribution in [3.05, 3.63) is 88.5 Å². The van der Waals surface area contributed by atoms with Gasteiger partial charge in [0.05, 0.1) is 4.90 Å². The van der Waals surface area contributed by atoms with E-state index in [0.717, 1.165) is 44.2 Å². The first-order valence-corrected chi connectivity index (χ1v) is 12.8. The molecule has 0 aromatic heterocycles. The number of hydrogen-bond acceptors (Lipinski definition) is 4. The maximum absolute atomic E-state index is 13.6. The maximum Gasteiger partial charge on any atom is 0.247 e. The number of fused-ring (bicyclic) bond motifs is 2. The number of benzene rings is 3. The Bertz CT molecular complexity index is 1270. The van der Waals surface area contributed by atoms with Crippen LogP contribution in [0.15, 0.2) is 65.6 Å². The number of nitrogen functional groups attached to an aromatic ring is 1. The summed E-state index contributed by atoms with van der Waals surface area (Å²) in [5, 5.41) is 3.14. The van der Waals surface area contributed by atoms with E-state index in [0.29, 0.717) is 11.3 Å². The predicted octanol–water partition coefficient (Wildman–Crippen LogP) is 3.90. The fourth-order valence-electron chi connectivity index (χ4n) is 4.95. The molecule has 3 aromatic carbocycles. The molecule has 0 saturated carbocycles. The topological polar surface area (TPSA) is 101 Å². The molecule has 0 heterocycles. The van der Waals surface area contributed by atoms with Gasteiger partial charge in [0.15, 0.2) is 0 Å². The minimum atomic E-state index is -3.95. The molecule has 5 rings (SSSR count). The lowest BCUT2D eigenvalue weighted by atomic mass is 9.98. The molecular formula is C26H27N3O3S. The third-order valence-corrected chi connectivity index (χ3v) is 8.02. The van der Waals surface area contributed by atoms with Crippen molar-refractivity contribution in [3.63, 3.8) is 0 Å². The number of carbonyl (C=O) groups excluding carboxylic acids is 1. The summed E-state index contributed by atoms with van der Waals surface area (Å²) >= 11 is 0. The smallest absolute Gasteiger partial charge is 0.247 e. The average molecular weight is 462 g/mol. The van der Waals surface area contributed by atoms with Crippen LogP contribution in [-0.4, -0.2) is 14.3 Å². The minimum Gasteiger partial charge on any atom is -0.399 e. The molecule has 170 valence electrons. The first kappa shape index (κ1) is 21.7. The number of rotatable bonds is 6. The molecule has 1 unspecified atom stereocenters. The van der Waals surface area contributed by atoms with Gasteiger partial charge in [-0.2, -0.15) is 4.72 Å². The monoisotopic (exact) mass is 461 g/mol. The second kappa shape index (κ2) is 8.65. The number of nitrogens with two attached hydrogens (primary N) is 1. The van der Waals surface area contributed by atoms with E-state index in [2.05, 4.69) is 16.1 Å². The standard InChI is InChI=1S/C26H27N3O3S/c27-20-12-14-21(15-13-20)33(31,32)29-24(17-6-2-1-3-7-17)26(30)28-25-22-10-4-8-18(22)16-19-9-5-11-23(19)25/h1-3,6-7,12-16,24,29H,4-5,8-11,27H2,(H,28,30). The van der Waals surface area contributed by atoms with Crippen molar-refractivity contribution >= 4 is 27.3 Å². The van der Waals surface area contributed by atoms with Gasteiger partial charge in [0, 0.05) is 11.4 Å². The van der Waals surface area contributed by atoms with E-state index in [1.807, 2.05) is 6.07 Å². The molecule has 0 bridgehead atoms. The van der Waals surface area contributed by atoms with Gasteiger partial charge in [0.1, 0.15) is 6.04 Å². The van der Waals surface area contributed by atoms with Crippen LogP contribution < -0.4 is 15.8 Å². The summed E-state index contributed by atoms with van der Waals surface area (Å²) in [5.41, 5.74) is 12.7. The molecule has 2 aliphatic carbocycles. The highest BCUT2D eigenvalue weighted by Gasteiger charge is 2.30. The fourth-order valence-corrected chi connectivity index (χ4v) is 6.14. The number of nitrogens with one attached hydrogen (secondary N) is 2. The summed E-state index contributed by atoms with van der Waals surface area (Å²) < 4.78 is 28.9. The Morgan fingerprint density at radius 3 is 2.06 bits per heavy atom. The van der Waals surface area contributed by atoms with Gasteiger partial charge in [-0.05, 0) is 90.6 Å². The summed E-state index contributed by atoms with van der Waals surface area (Å²) in [4.78, 5) is 13.7. The molecule has 1 atom stereocenters. The van der Waals surface area contributed by atoms with Crippen molar-refractivity contribution < 1.29 is 13.2 Å². The molecule has 0 fully saturated rings. The van der Waals surface area contributed by atoms with Crippen LogP contribution >= 0.6 is 0 Å². The van der Waals surface area contributed by atoms with Crippen molar-refractivity contribution in [3.8, 4) is 0 Å². The lowest BCUT2D eigenvalue weighted by molar-refractivity contribution is -0.117. The normalized spacial score (nSPS) is 15.6. The molecule has 0 saturated heterocycles. The third-order valence-electron chi connectivity index (χ3n) is 6.58. The van der Waals surface area contributed by atoms with E-state index in [-0.39, 0.29) is 10.8 Å². The molecule has 7 heteroatoms. The molecule has 2 aliphatic rings. The quantitative estimate of drug-likeness (QED) is 0.485. The molecule has 1 amide bonds. The number of sulfonamides is 1. The van der Waals surface area contributed by atoms with Gasteiger partial charge in [-0.3, -0.25) is 4.79 Å². The SMILES string of the molecule is Nc1ccc(S(=O)(=O)NC(C(=O)Nc2c3c(cc4c2CCC4)CCC3)c2ccccc2)cc1. The van der Waals surface area contributed by atoms with Gasteiger partial charge in [-0.25, -0.2) is 8.42 Å². The Morgan fingerprint density at radius 2 is 1.45 bits per heavy atom. The molecule has 3 aromatic rings. The van der Waals surface area contributed by atoms with Crippen molar-refractivity contribution in [2.75, 3.05) is 11.1 Å². The minimum absolute atomic E-state index is 0.0620. The van der Waals surface area contributed by atoms with E-state index >= 15 is 0 Å². The number of amides is 1. The van der Waals surface area contributed by atoms with Crippen LogP contribution in [0.4, 0.5) is 11.4 Å². The number of aryl methyl sites for hydroxylation is 2. The molecular weight excluding hydrogens is 434 g/mol. The van der Waals surface area contributed by atoms with Crippen LogP contribution in [0.25, 0.3) is 0 Å². The van der Waals surface area contributed by atoms with Gasteiger partial charge in [-0.1, -0.05) is 36.4 Å². The molecule has 0 radical (unpaired) electrons. The Balaban J connectivity index is 1.50. The lowest BCUT2D eigenvalue weighted by Gasteiger charge is -2.22. The zero-order valence-electron chi connectivity index (χ0n) is 18.3. The van der Waals surface area contributed by atoms with Gasteiger partial charge in [-0.15, -0.1) is 0 Å². The van der Waals surface area contributed by atoms with Crippen LogP contribution in [0.1, 0.15) is 46.7 Å².